The standard InChI is InChI=1S/C11H14/c1-4-5-6-7-8-9-10-11(2)3/h2,4-6H2,1,3H3. The van der Waals surface area contributed by atoms with E-state index in [9.17, 15) is 0 Å². The first-order valence-electron chi connectivity index (χ1n) is 3.91. The highest BCUT2D eigenvalue weighted by atomic mass is 13.8. The van der Waals surface area contributed by atoms with Gasteiger partial charge >= 0.3 is 0 Å². The molecule has 0 heteroatoms. The van der Waals surface area contributed by atoms with E-state index in [1.807, 2.05) is 6.92 Å². The zero-order chi connectivity index (χ0) is 8.53. The highest BCUT2D eigenvalue weighted by molar-refractivity contribution is 5.34. The van der Waals surface area contributed by atoms with Crippen molar-refractivity contribution < 1.29 is 0 Å². The molecule has 0 aromatic carbocycles. The van der Waals surface area contributed by atoms with Gasteiger partial charge in [-0.05, 0) is 30.8 Å². The Bertz CT molecular complexity index is 224. The summed E-state index contributed by atoms with van der Waals surface area (Å²) in [5.74, 6) is 11.3. The first kappa shape index (κ1) is 9.86. The van der Waals surface area contributed by atoms with Gasteiger partial charge in [-0.15, -0.1) is 0 Å². The molecule has 0 amide bonds. The molecule has 58 valence electrons. The second-order valence-corrected chi connectivity index (χ2v) is 2.44. The van der Waals surface area contributed by atoms with E-state index in [2.05, 4.69) is 37.2 Å². The average molecular weight is 146 g/mol. The predicted molar refractivity (Wildman–Crippen MR) is 49.9 cm³/mol. The molecular formula is C11H14. The summed E-state index contributed by atoms with van der Waals surface area (Å²) in [5.41, 5.74) is 0.870. The fourth-order valence-electron chi connectivity index (χ4n) is 0.510. The maximum absolute atomic E-state index is 3.65. The normalized spacial score (nSPS) is 7.09. The molecule has 0 saturated heterocycles. The van der Waals surface area contributed by atoms with Crippen LogP contribution in [0.15, 0.2) is 12.2 Å². The number of hydrogen-bond donors (Lipinski definition) is 0. The molecule has 0 atom stereocenters. The first-order chi connectivity index (χ1) is 5.27. The lowest BCUT2D eigenvalue weighted by atomic mass is 10.2. The molecule has 0 heterocycles. The summed E-state index contributed by atoms with van der Waals surface area (Å²) < 4.78 is 0. The minimum Gasteiger partial charge on any atom is -0.0891 e. The molecule has 0 radical (unpaired) electrons. The van der Waals surface area contributed by atoms with Crippen LogP contribution in [0.3, 0.4) is 0 Å². The van der Waals surface area contributed by atoms with E-state index in [4.69, 9.17) is 0 Å². The van der Waals surface area contributed by atoms with E-state index in [0.29, 0.717) is 0 Å². The van der Waals surface area contributed by atoms with E-state index in [0.717, 1.165) is 12.0 Å². The summed E-state index contributed by atoms with van der Waals surface area (Å²) in [5, 5.41) is 0. The van der Waals surface area contributed by atoms with E-state index in [1.165, 1.54) is 12.8 Å². The van der Waals surface area contributed by atoms with E-state index in [-0.39, 0.29) is 0 Å². The summed E-state index contributed by atoms with van der Waals surface area (Å²) >= 11 is 0. The molecule has 0 unspecified atom stereocenters. The topological polar surface area (TPSA) is 0 Å². The molecule has 11 heavy (non-hydrogen) atoms. The van der Waals surface area contributed by atoms with Crippen molar-refractivity contribution in [1.82, 2.24) is 0 Å². The molecule has 0 N–H and O–H groups in total. The van der Waals surface area contributed by atoms with Crippen LogP contribution in [0, 0.1) is 23.7 Å². The second kappa shape index (κ2) is 6.97. The van der Waals surface area contributed by atoms with E-state index in [1.54, 1.807) is 0 Å². The van der Waals surface area contributed by atoms with Crippen LogP contribution in [0.1, 0.15) is 33.1 Å². The van der Waals surface area contributed by atoms with Crippen molar-refractivity contribution in [2.24, 2.45) is 0 Å². The van der Waals surface area contributed by atoms with Crippen molar-refractivity contribution >= 4 is 0 Å². The van der Waals surface area contributed by atoms with Gasteiger partial charge in [-0.3, -0.25) is 0 Å². The Morgan fingerprint density at radius 3 is 2.64 bits per heavy atom. The molecule has 0 bridgehead atoms. The Morgan fingerprint density at radius 1 is 1.36 bits per heavy atom. The van der Waals surface area contributed by atoms with Crippen LogP contribution in [0.4, 0.5) is 0 Å². The zero-order valence-corrected chi connectivity index (χ0v) is 7.33. The van der Waals surface area contributed by atoms with Gasteiger partial charge in [-0.1, -0.05) is 31.8 Å². The molecule has 0 aliphatic carbocycles. The largest absolute Gasteiger partial charge is 0.0891 e. The van der Waals surface area contributed by atoms with Gasteiger partial charge in [0.25, 0.3) is 0 Å². The summed E-state index contributed by atoms with van der Waals surface area (Å²) in [6, 6.07) is 0. The van der Waals surface area contributed by atoms with Gasteiger partial charge in [0.1, 0.15) is 0 Å². The monoisotopic (exact) mass is 146 g/mol. The van der Waals surface area contributed by atoms with Crippen molar-refractivity contribution in [2.45, 2.75) is 33.1 Å². The van der Waals surface area contributed by atoms with Gasteiger partial charge in [-0.25, -0.2) is 0 Å². The van der Waals surface area contributed by atoms with Gasteiger partial charge in [0.2, 0.25) is 0 Å². The SMILES string of the molecule is C=C(C)C#CC#CCCCC. The molecule has 0 fully saturated rings. The lowest BCUT2D eigenvalue weighted by molar-refractivity contribution is 0.828. The quantitative estimate of drug-likeness (QED) is 0.415. The molecule has 0 nitrogen and oxygen atoms in total. The predicted octanol–water partition coefficient (Wildman–Crippen LogP) is 2.76. The maximum Gasteiger partial charge on any atom is 0.00988 e. The summed E-state index contributed by atoms with van der Waals surface area (Å²) in [6.07, 6.45) is 3.33. The highest BCUT2D eigenvalue weighted by Crippen LogP contribution is 1.89. The highest BCUT2D eigenvalue weighted by Gasteiger charge is 1.74. The Hall–Kier alpha value is -1.14. The Morgan fingerprint density at radius 2 is 2.09 bits per heavy atom. The van der Waals surface area contributed by atoms with Crippen molar-refractivity contribution in [3.63, 3.8) is 0 Å². The van der Waals surface area contributed by atoms with Crippen LogP contribution in [0.2, 0.25) is 0 Å². The Kier molecular flexibility index (Phi) is 6.25. The van der Waals surface area contributed by atoms with E-state index < -0.39 is 0 Å². The van der Waals surface area contributed by atoms with Crippen LogP contribution >= 0.6 is 0 Å². The van der Waals surface area contributed by atoms with Gasteiger partial charge in [0.05, 0.1) is 0 Å². The summed E-state index contributed by atoms with van der Waals surface area (Å²) in [4.78, 5) is 0. The number of allylic oxidation sites excluding steroid dienone is 1. The van der Waals surface area contributed by atoms with Crippen LogP contribution < -0.4 is 0 Å². The average Bonchev–Trinajstić information content (AvgIpc) is 1.96. The minimum absolute atomic E-state index is 0.870. The maximum atomic E-state index is 3.65. The van der Waals surface area contributed by atoms with Gasteiger partial charge < -0.3 is 0 Å². The molecule has 0 aliphatic rings. The molecular weight excluding hydrogens is 132 g/mol. The Labute approximate surface area is 69.7 Å². The van der Waals surface area contributed by atoms with E-state index >= 15 is 0 Å². The van der Waals surface area contributed by atoms with Crippen molar-refractivity contribution in [3.05, 3.63) is 12.2 Å². The first-order valence-corrected chi connectivity index (χ1v) is 3.91. The Balaban J connectivity index is 3.57. The van der Waals surface area contributed by atoms with Gasteiger partial charge in [0.15, 0.2) is 0 Å². The van der Waals surface area contributed by atoms with Gasteiger partial charge in [0, 0.05) is 6.42 Å². The molecule has 0 saturated carbocycles. The van der Waals surface area contributed by atoms with Crippen molar-refractivity contribution in [1.29, 1.82) is 0 Å². The third-order valence-electron chi connectivity index (χ3n) is 1.08. The number of rotatable bonds is 2. The molecule has 0 rings (SSSR count). The number of unbranched alkanes of at least 4 members (excludes halogenated alkanes) is 2. The molecule has 0 spiro atoms. The third-order valence-corrected chi connectivity index (χ3v) is 1.08. The third kappa shape index (κ3) is 8.86. The summed E-state index contributed by atoms with van der Waals surface area (Å²) in [6.45, 7) is 7.68. The van der Waals surface area contributed by atoms with Crippen molar-refractivity contribution in [2.75, 3.05) is 0 Å². The van der Waals surface area contributed by atoms with Crippen LogP contribution in [-0.4, -0.2) is 0 Å². The molecule has 0 aliphatic heterocycles. The fraction of sp³-hybridized carbons (Fsp3) is 0.455. The second-order valence-electron chi connectivity index (χ2n) is 2.44. The van der Waals surface area contributed by atoms with Crippen LogP contribution in [0.25, 0.3) is 0 Å². The smallest absolute Gasteiger partial charge is 0.00988 e. The zero-order valence-electron chi connectivity index (χ0n) is 7.33. The summed E-state index contributed by atoms with van der Waals surface area (Å²) in [7, 11) is 0. The van der Waals surface area contributed by atoms with Gasteiger partial charge in [-0.2, -0.15) is 0 Å². The molecule has 0 aromatic rings. The fourth-order valence-corrected chi connectivity index (χ4v) is 0.510. The minimum atomic E-state index is 0.870. The van der Waals surface area contributed by atoms with Crippen LogP contribution in [0.5, 0.6) is 0 Å². The van der Waals surface area contributed by atoms with Crippen LogP contribution in [-0.2, 0) is 0 Å². The lowest BCUT2D eigenvalue weighted by Crippen LogP contribution is -1.66. The number of hydrogen-bond acceptors (Lipinski definition) is 0. The lowest BCUT2D eigenvalue weighted by Gasteiger charge is -1.80. The molecule has 0 aromatic heterocycles. The van der Waals surface area contributed by atoms with Crippen molar-refractivity contribution in [3.8, 4) is 23.7 Å².